The van der Waals surface area contributed by atoms with Crippen LogP contribution in [0.25, 0.3) is 11.1 Å². The van der Waals surface area contributed by atoms with Crippen molar-refractivity contribution in [1.82, 2.24) is 0 Å². The van der Waals surface area contributed by atoms with Crippen molar-refractivity contribution in [3.05, 3.63) is 72.3 Å². The Morgan fingerprint density at radius 1 is 0.667 bits per heavy atom. The van der Waals surface area contributed by atoms with Crippen LogP contribution in [-0.4, -0.2) is 49.9 Å². The summed E-state index contributed by atoms with van der Waals surface area (Å²) in [6.07, 6.45) is 12.0. The molecule has 2 fully saturated rings. The van der Waals surface area contributed by atoms with Crippen molar-refractivity contribution >= 4 is 17.9 Å². The number of benzene rings is 2. The summed E-state index contributed by atoms with van der Waals surface area (Å²) >= 11 is 0. The SMILES string of the molecule is C=CC(=O)OCCCCCCC1CCC(c2ccc(-c3ccc(C4O[C@@H](C(=O)OCCCC)[C@H](C(=O)OCCCC)O4)cc3)cc2)CC1. The highest BCUT2D eigenvalue weighted by atomic mass is 16.8. The van der Waals surface area contributed by atoms with Gasteiger partial charge in [-0.3, -0.25) is 0 Å². The smallest absolute Gasteiger partial charge is 0.338 e. The first-order chi connectivity index (χ1) is 23.4. The monoisotopic (exact) mass is 662 g/mol. The Morgan fingerprint density at radius 2 is 1.17 bits per heavy atom. The summed E-state index contributed by atoms with van der Waals surface area (Å²) in [6, 6.07) is 16.8. The Kier molecular flexibility index (Phi) is 15.6. The zero-order chi connectivity index (χ0) is 34.1. The van der Waals surface area contributed by atoms with Crippen LogP contribution in [0.2, 0.25) is 0 Å². The van der Waals surface area contributed by atoms with E-state index in [0.717, 1.165) is 61.1 Å². The van der Waals surface area contributed by atoms with Crippen LogP contribution < -0.4 is 0 Å². The highest BCUT2D eigenvalue weighted by molar-refractivity contribution is 5.86. The van der Waals surface area contributed by atoms with Gasteiger partial charge in [-0.1, -0.05) is 107 Å². The summed E-state index contributed by atoms with van der Waals surface area (Å²) in [6.45, 7) is 8.47. The third kappa shape index (κ3) is 11.3. The fourth-order valence-electron chi connectivity index (χ4n) is 6.44. The molecule has 8 heteroatoms. The number of carbonyl (C=O) groups is 3. The lowest BCUT2D eigenvalue weighted by Crippen LogP contribution is -2.39. The van der Waals surface area contributed by atoms with Crippen molar-refractivity contribution in [2.45, 2.75) is 122 Å². The maximum atomic E-state index is 12.8. The van der Waals surface area contributed by atoms with Crippen molar-refractivity contribution in [3.63, 3.8) is 0 Å². The molecule has 0 N–H and O–H groups in total. The van der Waals surface area contributed by atoms with Gasteiger partial charge in [0.05, 0.1) is 19.8 Å². The molecule has 1 saturated heterocycles. The molecule has 2 aliphatic rings. The molecule has 1 aliphatic heterocycles. The molecule has 0 bridgehead atoms. The number of hydrogen-bond acceptors (Lipinski definition) is 8. The van der Waals surface area contributed by atoms with Crippen molar-refractivity contribution in [1.29, 1.82) is 0 Å². The van der Waals surface area contributed by atoms with E-state index in [2.05, 4.69) is 30.8 Å². The van der Waals surface area contributed by atoms with Gasteiger partial charge >= 0.3 is 17.9 Å². The summed E-state index contributed by atoms with van der Waals surface area (Å²) in [5.41, 5.74) is 4.32. The molecular weight excluding hydrogens is 608 g/mol. The molecule has 2 atom stereocenters. The third-order valence-corrected chi connectivity index (χ3v) is 9.43. The van der Waals surface area contributed by atoms with Gasteiger partial charge < -0.3 is 23.7 Å². The Labute approximate surface area is 286 Å². The van der Waals surface area contributed by atoms with Crippen molar-refractivity contribution in [2.75, 3.05) is 19.8 Å². The summed E-state index contributed by atoms with van der Waals surface area (Å²) in [7, 11) is 0. The van der Waals surface area contributed by atoms with Crippen LogP contribution in [0.15, 0.2) is 61.2 Å². The number of esters is 3. The average Bonchev–Trinajstić information content (AvgIpc) is 3.58. The Bertz CT molecular complexity index is 1250. The van der Waals surface area contributed by atoms with E-state index >= 15 is 0 Å². The Balaban J connectivity index is 1.25. The molecule has 0 spiro atoms. The number of hydrogen-bond donors (Lipinski definition) is 0. The highest BCUT2D eigenvalue weighted by Crippen LogP contribution is 2.39. The molecule has 1 heterocycles. The van der Waals surface area contributed by atoms with Crippen LogP contribution in [0.3, 0.4) is 0 Å². The van der Waals surface area contributed by atoms with E-state index in [1.165, 1.54) is 56.6 Å². The van der Waals surface area contributed by atoms with Gasteiger partial charge in [0.1, 0.15) is 0 Å². The third-order valence-electron chi connectivity index (χ3n) is 9.43. The van der Waals surface area contributed by atoms with Crippen molar-refractivity contribution in [2.24, 2.45) is 5.92 Å². The lowest BCUT2D eigenvalue weighted by atomic mass is 9.77. The van der Waals surface area contributed by atoms with Gasteiger partial charge in [-0.15, -0.1) is 0 Å². The van der Waals surface area contributed by atoms with E-state index in [1.807, 2.05) is 38.1 Å². The fourth-order valence-corrected chi connectivity index (χ4v) is 6.44. The first-order valence-corrected chi connectivity index (χ1v) is 18.1. The second-order valence-electron chi connectivity index (χ2n) is 13.0. The van der Waals surface area contributed by atoms with E-state index < -0.39 is 30.4 Å². The number of unbranched alkanes of at least 4 members (excludes halogenated alkanes) is 5. The molecule has 0 amide bonds. The van der Waals surface area contributed by atoms with E-state index in [0.29, 0.717) is 12.5 Å². The maximum absolute atomic E-state index is 12.8. The molecule has 262 valence electrons. The summed E-state index contributed by atoms with van der Waals surface area (Å²) in [5, 5.41) is 0. The van der Waals surface area contributed by atoms with Crippen molar-refractivity contribution in [3.8, 4) is 11.1 Å². The minimum atomic E-state index is -1.17. The first-order valence-electron chi connectivity index (χ1n) is 18.1. The van der Waals surface area contributed by atoms with E-state index in [9.17, 15) is 14.4 Å². The van der Waals surface area contributed by atoms with Gasteiger partial charge in [-0.05, 0) is 73.5 Å². The Hall–Kier alpha value is -3.49. The molecule has 2 aromatic carbocycles. The fraction of sp³-hybridized carbons (Fsp3) is 0.575. The van der Waals surface area contributed by atoms with Crippen LogP contribution in [0.1, 0.15) is 121 Å². The van der Waals surface area contributed by atoms with Crippen LogP contribution in [0, 0.1) is 5.92 Å². The quantitative estimate of drug-likeness (QED) is 0.0637. The highest BCUT2D eigenvalue weighted by Gasteiger charge is 2.47. The average molecular weight is 663 g/mol. The normalized spacial score (nSPS) is 21.0. The summed E-state index contributed by atoms with van der Waals surface area (Å²) in [5.74, 6) is -0.124. The van der Waals surface area contributed by atoms with E-state index in [1.54, 1.807) is 0 Å². The molecule has 0 aromatic heterocycles. The topological polar surface area (TPSA) is 97.4 Å². The van der Waals surface area contributed by atoms with Gasteiger partial charge in [-0.2, -0.15) is 0 Å². The van der Waals surface area contributed by atoms with E-state index in [-0.39, 0.29) is 19.2 Å². The van der Waals surface area contributed by atoms with E-state index in [4.69, 9.17) is 23.7 Å². The molecule has 1 aliphatic carbocycles. The lowest BCUT2D eigenvalue weighted by molar-refractivity contribution is -0.163. The van der Waals surface area contributed by atoms with Gasteiger partial charge in [0.25, 0.3) is 0 Å². The predicted octanol–water partition coefficient (Wildman–Crippen LogP) is 8.78. The molecule has 48 heavy (non-hydrogen) atoms. The minimum absolute atomic E-state index is 0.270. The van der Waals surface area contributed by atoms with Crippen LogP contribution in [0.5, 0.6) is 0 Å². The van der Waals surface area contributed by atoms with Gasteiger partial charge in [0.2, 0.25) is 0 Å². The second kappa shape index (κ2) is 20.1. The molecule has 2 aromatic rings. The molecular formula is C40H54O8. The molecule has 1 saturated carbocycles. The standard InChI is InChI=1S/C40H54O8/c1-4-7-26-45-38(42)36-37(39(43)46-27-8-5-2)48-40(47-36)34-24-22-33(23-25-34)32-20-18-31(19-21-32)30-16-14-29(15-17-30)13-11-9-10-12-28-44-35(41)6-3/h6,18-25,29-30,36-37,40H,3-5,7-17,26-28H2,1-2H3/t29?,30?,36-,37-/m1/s1. The summed E-state index contributed by atoms with van der Waals surface area (Å²) < 4.78 is 27.7. The van der Waals surface area contributed by atoms with Crippen molar-refractivity contribution < 1.29 is 38.1 Å². The zero-order valence-electron chi connectivity index (χ0n) is 28.9. The Morgan fingerprint density at radius 3 is 1.69 bits per heavy atom. The minimum Gasteiger partial charge on any atom is -0.464 e. The van der Waals surface area contributed by atoms with Gasteiger partial charge in [-0.25, -0.2) is 14.4 Å². The second-order valence-corrected chi connectivity index (χ2v) is 13.0. The van der Waals surface area contributed by atoms with Gasteiger partial charge in [0, 0.05) is 11.6 Å². The van der Waals surface area contributed by atoms with Crippen LogP contribution >= 0.6 is 0 Å². The molecule has 0 unspecified atom stereocenters. The lowest BCUT2D eigenvalue weighted by Gasteiger charge is -2.29. The molecule has 8 nitrogen and oxygen atoms in total. The van der Waals surface area contributed by atoms with Gasteiger partial charge in [0.15, 0.2) is 18.5 Å². The number of ether oxygens (including phenoxy) is 5. The zero-order valence-corrected chi connectivity index (χ0v) is 28.9. The molecule has 0 radical (unpaired) electrons. The van der Waals surface area contributed by atoms with Crippen LogP contribution in [-0.2, 0) is 38.1 Å². The maximum Gasteiger partial charge on any atom is 0.338 e. The first kappa shape index (κ1) is 37.3. The predicted molar refractivity (Wildman–Crippen MR) is 185 cm³/mol. The summed E-state index contributed by atoms with van der Waals surface area (Å²) in [4.78, 5) is 36.7. The largest absolute Gasteiger partial charge is 0.464 e. The number of rotatable bonds is 19. The van der Waals surface area contributed by atoms with Crippen LogP contribution in [0.4, 0.5) is 0 Å². The molecule has 4 rings (SSSR count). The number of carbonyl (C=O) groups excluding carboxylic acids is 3.